The average Bonchev–Trinajstić information content (AvgIpc) is 3.48. The molecule has 0 saturated carbocycles. The first-order chi connectivity index (χ1) is 15.6. The maximum Gasteiger partial charge on any atom is 0.241 e. The number of hydrogen-bond acceptors (Lipinski definition) is 5. The summed E-state index contributed by atoms with van der Waals surface area (Å²) in [6, 6.07) is 17.5. The largest absolute Gasteiger partial charge is 0.346 e. The topological polar surface area (TPSA) is 80.1 Å². The number of amides is 2. The van der Waals surface area contributed by atoms with Gasteiger partial charge in [-0.15, -0.1) is 10.2 Å². The molecule has 0 aliphatic carbocycles. The van der Waals surface area contributed by atoms with Crippen LogP contribution in [0.4, 0.5) is 0 Å². The Hall–Kier alpha value is -2.84. The average molecular weight is 470 g/mol. The van der Waals surface area contributed by atoms with E-state index in [0.29, 0.717) is 22.5 Å². The van der Waals surface area contributed by atoms with Crippen molar-refractivity contribution in [1.82, 2.24) is 25.0 Å². The highest BCUT2D eigenvalue weighted by Crippen LogP contribution is 2.26. The minimum atomic E-state index is -0.204. The Labute approximate surface area is 196 Å². The molecule has 7 nitrogen and oxygen atoms in total. The van der Waals surface area contributed by atoms with Gasteiger partial charge in [0.1, 0.15) is 0 Å². The van der Waals surface area contributed by atoms with E-state index >= 15 is 0 Å². The number of rotatable bonds is 8. The van der Waals surface area contributed by atoms with Gasteiger partial charge in [-0.25, -0.2) is 0 Å². The van der Waals surface area contributed by atoms with Crippen molar-refractivity contribution in [2.24, 2.45) is 0 Å². The van der Waals surface area contributed by atoms with Gasteiger partial charge in [-0.1, -0.05) is 53.7 Å². The van der Waals surface area contributed by atoms with E-state index in [4.69, 9.17) is 11.6 Å². The Morgan fingerprint density at radius 1 is 1.00 bits per heavy atom. The van der Waals surface area contributed by atoms with Crippen LogP contribution in [0.15, 0.2) is 59.8 Å². The molecule has 1 aromatic heterocycles. The minimum absolute atomic E-state index is 0.0295. The number of benzene rings is 2. The highest BCUT2D eigenvalue weighted by Gasteiger charge is 2.19. The molecule has 1 aliphatic rings. The van der Waals surface area contributed by atoms with E-state index in [2.05, 4.69) is 15.5 Å². The summed E-state index contributed by atoms with van der Waals surface area (Å²) >= 11 is 7.34. The smallest absolute Gasteiger partial charge is 0.241 e. The summed E-state index contributed by atoms with van der Waals surface area (Å²) in [5.41, 5.74) is 2.00. The van der Waals surface area contributed by atoms with Crippen LogP contribution in [0, 0.1) is 0 Å². The number of nitrogens with one attached hydrogen (secondary N) is 1. The zero-order valence-corrected chi connectivity index (χ0v) is 19.1. The van der Waals surface area contributed by atoms with Gasteiger partial charge in [-0.2, -0.15) is 0 Å². The lowest BCUT2D eigenvalue weighted by atomic mass is 10.2. The molecule has 3 aromatic rings. The number of thioether (sulfide) groups is 1. The molecule has 166 valence electrons. The molecule has 0 unspecified atom stereocenters. The summed E-state index contributed by atoms with van der Waals surface area (Å²) in [6.07, 6.45) is 2.06. The van der Waals surface area contributed by atoms with E-state index in [0.717, 1.165) is 37.1 Å². The zero-order chi connectivity index (χ0) is 22.3. The third-order valence-electron chi connectivity index (χ3n) is 5.23. The van der Waals surface area contributed by atoms with Crippen molar-refractivity contribution in [2.75, 3.05) is 25.4 Å². The molecule has 9 heteroatoms. The van der Waals surface area contributed by atoms with Crippen molar-refractivity contribution in [2.45, 2.75) is 24.5 Å². The van der Waals surface area contributed by atoms with Crippen LogP contribution in [0.1, 0.15) is 18.4 Å². The van der Waals surface area contributed by atoms with Crippen LogP contribution in [-0.2, 0) is 16.1 Å². The van der Waals surface area contributed by atoms with Crippen molar-refractivity contribution in [3.63, 3.8) is 0 Å². The van der Waals surface area contributed by atoms with Gasteiger partial charge in [-0.05, 0) is 42.7 Å². The SMILES string of the molecule is O=C(CSc1nnc(-c2ccc(Cl)cc2)n1Cc1ccccc1)NCC(=O)N1CCCC1. The van der Waals surface area contributed by atoms with Crippen molar-refractivity contribution in [3.05, 3.63) is 65.2 Å². The third-order valence-corrected chi connectivity index (χ3v) is 6.45. The summed E-state index contributed by atoms with van der Waals surface area (Å²) in [6.45, 7) is 2.16. The predicted molar refractivity (Wildman–Crippen MR) is 126 cm³/mol. The van der Waals surface area contributed by atoms with Crippen LogP contribution in [0.2, 0.25) is 5.02 Å². The molecule has 1 saturated heterocycles. The van der Waals surface area contributed by atoms with Gasteiger partial charge >= 0.3 is 0 Å². The molecule has 4 rings (SSSR count). The monoisotopic (exact) mass is 469 g/mol. The van der Waals surface area contributed by atoms with Crippen LogP contribution in [0.3, 0.4) is 0 Å². The quantitative estimate of drug-likeness (QED) is 0.511. The van der Waals surface area contributed by atoms with E-state index in [1.54, 1.807) is 4.90 Å². The third kappa shape index (κ3) is 5.69. The lowest BCUT2D eigenvalue weighted by molar-refractivity contribution is -0.131. The molecule has 32 heavy (non-hydrogen) atoms. The number of halogens is 1. The van der Waals surface area contributed by atoms with Gasteiger partial charge in [0, 0.05) is 23.7 Å². The Morgan fingerprint density at radius 2 is 1.72 bits per heavy atom. The maximum absolute atomic E-state index is 12.3. The number of carbonyl (C=O) groups is 2. The summed E-state index contributed by atoms with van der Waals surface area (Å²) in [7, 11) is 0. The van der Waals surface area contributed by atoms with Gasteiger partial charge in [0.2, 0.25) is 11.8 Å². The number of hydrogen-bond donors (Lipinski definition) is 1. The lowest BCUT2D eigenvalue weighted by Gasteiger charge is -2.15. The Morgan fingerprint density at radius 3 is 2.44 bits per heavy atom. The molecular formula is C23H24ClN5O2S. The molecule has 2 aromatic carbocycles. The Balaban J connectivity index is 1.44. The molecule has 0 bridgehead atoms. The highest BCUT2D eigenvalue weighted by atomic mass is 35.5. The zero-order valence-electron chi connectivity index (χ0n) is 17.5. The van der Waals surface area contributed by atoms with E-state index < -0.39 is 0 Å². The van der Waals surface area contributed by atoms with Gasteiger partial charge in [-0.3, -0.25) is 14.2 Å². The molecular weight excluding hydrogens is 446 g/mol. The molecule has 1 aliphatic heterocycles. The molecule has 0 atom stereocenters. The fraction of sp³-hybridized carbons (Fsp3) is 0.304. The second kappa shape index (κ2) is 10.7. The highest BCUT2D eigenvalue weighted by molar-refractivity contribution is 7.99. The van der Waals surface area contributed by atoms with Crippen LogP contribution in [-0.4, -0.2) is 56.9 Å². The van der Waals surface area contributed by atoms with Crippen LogP contribution in [0.25, 0.3) is 11.4 Å². The van der Waals surface area contributed by atoms with E-state index in [9.17, 15) is 9.59 Å². The van der Waals surface area contributed by atoms with Gasteiger partial charge in [0.05, 0.1) is 18.8 Å². The summed E-state index contributed by atoms with van der Waals surface area (Å²) in [5, 5.41) is 12.7. The van der Waals surface area contributed by atoms with Crippen LogP contribution >= 0.6 is 23.4 Å². The van der Waals surface area contributed by atoms with Crippen LogP contribution in [0.5, 0.6) is 0 Å². The number of aromatic nitrogens is 3. The second-order valence-electron chi connectivity index (χ2n) is 7.54. The molecule has 2 amide bonds. The van der Waals surface area contributed by atoms with E-state index in [1.165, 1.54) is 11.8 Å². The van der Waals surface area contributed by atoms with E-state index in [-0.39, 0.29) is 24.1 Å². The first-order valence-corrected chi connectivity index (χ1v) is 11.9. The molecule has 2 heterocycles. The van der Waals surface area contributed by atoms with Gasteiger partial charge in [0.15, 0.2) is 11.0 Å². The Bertz CT molecular complexity index is 1070. The number of carbonyl (C=O) groups excluding carboxylic acids is 2. The number of likely N-dealkylation sites (tertiary alicyclic amines) is 1. The molecule has 1 N–H and O–H groups in total. The van der Waals surface area contributed by atoms with Gasteiger partial charge in [0.25, 0.3) is 0 Å². The first kappa shape index (κ1) is 22.4. The molecule has 1 fully saturated rings. The van der Waals surface area contributed by atoms with Crippen molar-refractivity contribution >= 4 is 35.2 Å². The summed E-state index contributed by atoms with van der Waals surface area (Å²) in [4.78, 5) is 26.3. The fourth-order valence-corrected chi connectivity index (χ4v) is 4.44. The van der Waals surface area contributed by atoms with Crippen molar-refractivity contribution < 1.29 is 9.59 Å². The normalized spacial score (nSPS) is 13.3. The maximum atomic E-state index is 12.3. The fourth-order valence-electron chi connectivity index (χ4n) is 3.55. The minimum Gasteiger partial charge on any atom is -0.346 e. The lowest BCUT2D eigenvalue weighted by Crippen LogP contribution is -2.39. The molecule has 0 radical (unpaired) electrons. The predicted octanol–water partition coefficient (Wildman–Crippen LogP) is 3.48. The Kier molecular flexibility index (Phi) is 7.44. The standard InChI is InChI=1S/C23H24ClN5O2S/c24-19-10-8-18(9-11-19)22-26-27-23(29(22)15-17-6-2-1-3-7-17)32-16-20(30)25-14-21(31)28-12-4-5-13-28/h1-3,6-11H,4-5,12-16H2,(H,25,30). The van der Waals surface area contributed by atoms with Crippen molar-refractivity contribution in [3.8, 4) is 11.4 Å². The second-order valence-corrected chi connectivity index (χ2v) is 8.92. The van der Waals surface area contributed by atoms with Crippen molar-refractivity contribution in [1.29, 1.82) is 0 Å². The first-order valence-electron chi connectivity index (χ1n) is 10.5. The van der Waals surface area contributed by atoms with Gasteiger partial charge < -0.3 is 10.2 Å². The molecule has 0 spiro atoms. The number of nitrogens with zero attached hydrogens (tertiary/aromatic N) is 4. The summed E-state index contributed by atoms with van der Waals surface area (Å²) < 4.78 is 1.99. The van der Waals surface area contributed by atoms with E-state index in [1.807, 2.05) is 59.2 Å². The van der Waals surface area contributed by atoms with Crippen LogP contribution < -0.4 is 5.32 Å². The summed E-state index contributed by atoms with van der Waals surface area (Å²) in [5.74, 6) is 0.626.